The molecule has 1 atom stereocenters. The van der Waals surface area contributed by atoms with E-state index in [1.807, 2.05) is 50.2 Å². The summed E-state index contributed by atoms with van der Waals surface area (Å²) in [6.07, 6.45) is 5.93. The van der Waals surface area contributed by atoms with E-state index in [9.17, 15) is 4.79 Å². The van der Waals surface area contributed by atoms with E-state index in [1.54, 1.807) is 0 Å². The molecule has 1 unspecified atom stereocenters. The second-order valence-corrected chi connectivity index (χ2v) is 13.9. The van der Waals surface area contributed by atoms with Crippen LogP contribution in [-0.2, 0) is 16.6 Å². The molecule has 0 spiro atoms. The lowest BCUT2D eigenvalue weighted by molar-refractivity contribution is -0.915. The molecule has 0 aliphatic carbocycles. The first kappa shape index (κ1) is 30.9. The lowest BCUT2D eigenvalue weighted by Crippen LogP contribution is -2.54. The zero-order valence-corrected chi connectivity index (χ0v) is 26.8. The third kappa shape index (κ3) is 7.51. The average molecular weight is 609 g/mol. The predicted molar refractivity (Wildman–Crippen MR) is 174 cm³/mol. The van der Waals surface area contributed by atoms with E-state index in [0.717, 1.165) is 48.1 Å². The smallest absolute Gasteiger partial charge is 0.227 e. The summed E-state index contributed by atoms with van der Waals surface area (Å²) in [5.74, 6) is 1.63. The molecular weight excluding hydrogens is 563 g/mol. The van der Waals surface area contributed by atoms with Gasteiger partial charge in [0.1, 0.15) is 5.75 Å². The van der Waals surface area contributed by atoms with Crippen LogP contribution in [0.5, 0.6) is 5.75 Å². The zero-order chi connectivity index (χ0) is 29.7. The minimum absolute atomic E-state index is 0.0958. The molecule has 2 saturated heterocycles. The average Bonchev–Trinajstić information content (AvgIpc) is 2.98. The number of hydrogen-bond donors (Lipinski definition) is 0. The number of carbonyl (C=O) groups excluding carboxylic acids is 1. The Balaban J connectivity index is 1.31. The molecule has 42 heavy (non-hydrogen) atoms. The van der Waals surface area contributed by atoms with Crippen LogP contribution in [0.2, 0.25) is 10.0 Å². The van der Waals surface area contributed by atoms with Gasteiger partial charge >= 0.3 is 0 Å². The number of piperidine rings is 2. The third-order valence-corrected chi connectivity index (χ3v) is 10.3. The quantitative estimate of drug-likeness (QED) is 0.229. The highest BCUT2D eigenvalue weighted by molar-refractivity contribution is 6.42. The summed E-state index contributed by atoms with van der Waals surface area (Å²) in [4.78, 5) is 15.8. The Kier molecular flexibility index (Phi) is 9.87. The van der Waals surface area contributed by atoms with Crippen molar-refractivity contribution < 1.29 is 14.0 Å². The molecule has 4 nitrogen and oxygen atoms in total. The number of ether oxygens (including phenoxy) is 1. The van der Waals surface area contributed by atoms with Crippen LogP contribution < -0.4 is 4.74 Å². The molecule has 0 N–H and O–H groups in total. The standard InChI is InChI=1S/C36H45Cl2N2O2/c1-27(2)42-32-12-7-9-28(23-32)24-35(41)39-19-8-17-36(26-39,31-13-14-33(37)34(38)25-31)18-22-40(3)20-15-30(16-21-40)29-10-5-4-6-11-29/h4-7,9-14,23,25,27,30H,8,15-22,24,26H2,1-3H3/q+1. The summed E-state index contributed by atoms with van der Waals surface area (Å²) in [6, 6.07) is 25.0. The highest BCUT2D eigenvalue weighted by atomic mass is 35.5. The van der Waals surface area contributed by atoms with E-state index in [-0.39, 0.29) is 17.4 Å². The minimum atomic E-state index is -0.151. The van der Waals surface area contributed by atoms with E-state index in [2.05, 4.69) is 48.3 Å². The van der Waals surface area contributed by atoms with Crippen LogP contribution in [0.4, 0.5) is 0 Å². The van der Waals surface area contributed by atoms with E-state index in [4.69, 9.17) is 27.9 Å². The summed E-state index contributed by atoms with van der Waals surface area (Å²) < 4.78 is 6.95. The largest absolute Gasteiger partial charge is 0.491 e. The van der Waals surface area contributed by atoms with Gasteiger partial charge in [-0.3, -0.25) is 4.79 Å². The number of halogens is 2. The van der Waals surface area contributed by atoms with Gasteiger partial charge in [0.05, 0.1) is 49.3 Å². The SMILES string of the molecule is CC(C)Oc1cccc(CC(=O)N2CCCC(CC[N+]3(C)CCC(c4ccccc4)CC3)(c3ccc(Cl)c(Cl)c3)C2)c1. The number of amides is 1. The summed E-state index contributed by atoms with van der Waals surface area (Å²) in [5.41, 5.74) is 3.51. The zero-order valence-electron chi connectivity index (χ0n) is 25.3. The van der Waals surface area contributed by atoms with E-state index < -0.39 is 0 Å². The van der Waals surface area contributed by atoms with Crippen molar-refractivity contribution in [2.75, 3.05) is 39.8 Å². The van der Waals surface area contributed by atoms with E-state index >= 15 is 0 Å². The third-order valence-electron chi connectivity index (χ3n) is 9.52. The lowest BCUT2D eigenvalue weighted by atomic mass is 9.71. The lowest BCUT2D eigenvalue weighted by Gasteiger charge is -2.47. The van der Waals surface area contributed by atoms with Gasteiger partial charge in [0.15, 0.2) is 0 Å². The molecule has 2 aliphatic heterocycles. The highest BCUT2D eigenvalue weighted by Gasteiger charge is 2.41. The molecule has 224 valence electrons. The Bertz CT molecular complexity index is 1350. The monoisotopic (exact) mass is 607 g/mol. The summed E-state index contributed by atoms with van der Waals surface area (Å²) in [5, 5.41) is 1.16. The van der Waals surface area contributed by atoms with Gasteiger partial charge in [0, 0.05) is 37.8 Å². The fourth-order valence-electron chi connectivity index (χ4n) is 7.00. The molecule has 3 aromatic rings. The second kappa shape index (κ2) is 13.4. The predicted octanol–water partition coefficient (Wildman–Crippen LogP) is 8.30. The molecule has 3 aromatic carbocycles. The molecule has 2 aliphatic rings. The van der Waals surface area contributed by atoms with Gasteiger partial charge < -0.3 is 14.1 Å². The molecule has 0 bridgehead atoms. The Morgan fingerprint density at radius 2 is 1.76 bits per heavy atom. The van der Waals surface area contributed by atoms with Crippen LogP contribution in [0.25, 0.3) is 0 Å². The van der Waals surface area contributed by atoms with Crippen LogP contribution in [0.1, 0.15) is 68.6 Å². The van der Waals surface area contributed by atoms with Crippen LogP contribution in [-0.4, -0.2) is 61.2 Å². The molecule has 1 amide bonds. The van der Waals surface area contributed by atoms with Crippen LogP contribution in [0, 0.1) is 0 Å². The van der Waals surface area contributed by atoms with Crippen molar-refractivity contribution in [2.45, 2.75) is 69.8 Å². The Morgan fingerprint density at radius 3 is 2.48 bits per heavy atom. The van der Waals surface area contributed by atoms with E-state index in [1.165, 1.54) is 37.1 Å². The first-order valence-electron chi connectivity index (χ1n) is 15.5. The topological polar surface area (TPSA) is 29.5 Å². The normalized spacial score (nSPS) is 24.5. The van der Waals surface area contributed by atoms with Crippen molar-refractivity contribution in [2.24, 2.45) is 0 Å². The maximum absolute atomic E-state index is 13.7. The fraction of sp³-hybridized carbons (Fsp3) is 0.472. The van der Waals surface area contributed by atoms with Crippen molar-refractivity contribution in [1.82, 2.24) is 4.90 Å². The van der Waals surface area contributed by atoms with Gasteiger partial charge in [0.25, 0.3) is 0 Å². The Morgan fingerprint density at radius 1 is 1.00 bits per heavy atom. The number of rotatable bonds is 9. The maximum atomic E-state index is 13.7. The van der Waals surface area contributed by atoms with E-state index in [0.29, 0.717) is 28.9 Å². The highest BCUT2D eigenvalue weighted by Crippen LogP contribution is 2.41. The number of benzene rings is 3. The first-order chi connectivity index (χ1) is 20.1. The van der Waals surface area contributed by atoms with Gasteiger partial charge in [-0.2, -0.15) is 0 Å². The Labute approximate surface area is 262 Å². The van der Waals surface area contributed by atoms with Crippen molar-refractivity contribution in [3.05, 3.63) is 99.5 Å². The van der Waals surface area contributed by atoms with Crippen LogP contribution >= 0.6 is 23.2 Å². The van der Waals surface area contributed by atoms with Gasteiger partial charge in [0.2, 0.25) is 5.91 Å². The molecule has 0 radical (unpaired) electrons. The Hall–Kier alpha value is -2.53. The van der Waals surface area contributed by atoms with Crippen LogP contribution in [0.15, 0.2) is 72.8 Å². The number of likely N-dealkylation sites (tertiary alicyclic amines) is 2. The maximum Gasteiger partial charge on any atom is 0.227 e. The molecule has 0 saturated carbocycles. The van der Waals surface area contributed by atoms with Gasteiger partial charge in [-0.1, -0.05) is 71.7 Å². The molecule has 0 aromatic heterocycles. The molecule has 2 fully saturated rings. The fourth-order valence-corrected chi connectivity index (χ4v) is 7.30. The second-order valence-electron chi connectivity index (χ2n) is 13.0. The number of carbonyl (C=O) groups is 1. The minimum Gasteiger partial charge on any atom is -0.491 e. The van der Waals surface area contributed by atoms with Crippen molar-refractivity contribution in [1.29, 1.82) is 0 Å². The van der Waals surface area contributed by atoms with Crippen molar-refractivity contribution in [3.8, 4) is 5.75 Å². The van der Waals surface area contributed by atoms with Gasteiger partial charge in [-0.05, 0) is 73.6 Å². The molecular formula is C36H45Cl2N2O2+. The molecule has 5 rings (SSSR count). The molecule has 2 heterocycles. The number of hydrogen-bond acceptors (Lipinski definition) is 2. The van der Waals surface area contributed by atoms with Gasteiger partial charge in [-0.25, -0.2) is 0 Å². The summed E-state index contributed by atoms with van der Waals surface area (Å²) >= 11 is 12.9. The summed E-state index contributed by atoms with van der Waals surface area (Å²) in [7, 11) is 2.42. The summed E-state index contributed by atoms with van der Waals surface area (Å²) in [6.45, 7) is 8.96. The first-order valence-corrected chi connectivity index (χ1v) is 16.3. The molecule has 6 heteroatoms. The van der Waals surface area contributed by atoms with Crippen LogP contribution in [0.3, 0.4) is 0 Å². The van der Waals surface area contributed by atoms with Gasteiger partial charge in [-0.15, -0.1) is 0 Å². The van der Waals surface area contributed by atoms with Crippen molar-refractivity contribution in [3.63, 3.8) is 0 Å². The van der Waals surface area contributed by atoms with Crippen molar-refractivity contribution >= 4 is 29.1 Å². The number of nitrogens with zero attached hydrogens (tertiary/aromatic N) is 2. The number of quaternary nitrogens is 1.